The average Bonchev–Trinajstić information content (AvgIpc) is 2.87. The highest BCUT2D eigenvalue weighted by atomic mass is 32.2. The molecule has 120 valence electrons. The van der Waals surface area contributed by atoms with Crippen LogP contribution in [0.4, 0.5) is 10.7 Å². The molecular weight excluding hydrogens is 312 g/mol. The number of amides is 2. The summed E-state index contributed by atoms with van der Waals surface area (Å²) in [5.41, 5.74) is 0.806. The average molecular weight is 330 g/mol. The zero-order valence-corrected chi connectivity index (χ0v) is 13.5. The van der Waals surface area contributed by atoms with Crippen LogP contribution in [0.1, 0.15) is 37.8 Å². The number of carbonyl (C=O) groups is 2. The van der Waals surface area contributed by atoms with Crippen LogP contribution >= 0.6 is 11.8 Å². The van der Waals surface area contributed by atoms with Gasteiger partial charge in [0.15, 0.2) is 5.25 Å². The Kier molecular flexibility index (Phi) is 5.13. The van der Waals surface area contributed by atoms with E-state index in [4.69, 9.17) is 0 Å². The third-order valence-corrected chi connectivity index (χ3v) is 4.73. The Morgan fingerprint density at radius 1 is 1.30 bits per heavy atom. The van der Waals surface area contributed by atoms with Crippen LogP contribution < -0.4 is 10.6 Å². The first-order valence-corrected chi connectivity index (χ1v) is 8.67. The highest BCUT2D eigenvalue weighted by Crippen LogP contribution is 2.20. The van der Waals surface area contributed by atoms with Crippen LogP contribution in [0.3, 0.4) is 0 Å². The number of hydrogen-bond donors (Lipinski definition) is 2. The van der Waals surface area contributed by atoms with E-state index in [1.807, 2.05) is 6.07 Å². The zero-order chi connectivity index (χ0) is 16.1. The molecule has 0 spiro atoms. The third-order valence-electron chi connectivity index (χ3n) is 3.84. The van der Waals surface area contributed by atoms with Crippen molar-refractivity contribution in [2.75, 3.05) is 5.32 Å². The monoisotopic (exact) mass is 330 g/mol. The Morgan fingerprint density at radius 3 is 2.87 bits per heavy atom. The summed E-state index contributed by atoms with van der Waals surface area (Å²) in [5, 5.41) is 4.65. The smallest absolute Gasteiger partial charge is 0.287 e. The molecule has 1 atom stereocenters. The largest absolute Gasteiger partial charge is 0.351 e. The molecule has 2 N–H and O–H groups in total. The summed E-state index contributed by atoms with van der Waals surface area (Å²) in [4.78, 5) is 31.2. The molecular formula is C16H18N4O2S. The van der Waals surface area contributed by atoms with Crippen LogP contribution in [-0.2, 0) is 11.2 Å². The molecule has 23 heavy (non-hydrogen) atoms. The fourth-order valence-electron chi connectivity index (χ4n) is 2.68. The molecule has 2 amide bonds. The molecule has 2 heterocycles. The van der Waals surface area contributed by atoms with Crippen molar-refractivity contribution >= 4 is 28.9 Å². The molecule has 1 aromatic heterocycles. The van der Waals surface area contributed by atoms with E-state index >= 15 is 0 Å². The van der Waals surface area contributed by atoms with Crippen molar-refractivity contribution in [3.8, 4) is 11.8 Å². The molecule has 1 aliphatic heterocycles. The van der Waals surface area contributed by atoms with Gasteiger partial charge in [-0.1, -0.05) is 31.1 Å². The number of nitrogens with zero attached hydrogens (tertiary/aromatic N) is 2. The van der Waals surface area contributed by atoms with Crippen molar-refractivity contribution in [1.29, 1.82) is 0 Å². The lowest BCUT2D eigenvalue weighted by Crippen LogP contribution is -2.23. The summed E-state index contributed by atoms with van der Waals surface area (Å²) < 4.78 is 0. The van der Waals surface area contributed by atoms with Gasteiger partial charge in [-0.2, -0.15) is 0 Å². The fourth-order valence-corrected chi connectivity index (χ4v) is 3.36. The van der Waals surface area contributed by atoms with Crippen LogP contribution in [0, 0.1) is 11.8 Å². The third kappa shape index (κ3) is 4.45. The Labute approximate surface area is 139 Å². The second kappa shape index (κ2) is 7.47. The lowest BCUT2D eigenvalue weighted by molar-refractivity contribution is -0.118. The van der Waals surface area contributed by atoms with Gasteiger partial charge in [-0.25, -0.2) is 9.97 Å². The van der Waals surface area contributed by atoms with E-state index in [1.165, 1.54) is 19.3 Å². The molecule has 1 saturated heterocycles. The van der Waals surface area contributed by atoms with E-state index in [-0.39, 0.29) is 11.1 Å². The number of carbonyl (C=O) groups excluding carboxylic acids is 2. The lowest BCUT2D eigenvalue weighted by Gasteiger charge is -2.22. The maximum Gasteiger partial charge on any atom is 0.287 e. The van der Waals surface area contributed by atoms with Crippen LogP contribution in [0.15, 0.2) is 12.3 Å². The minimum Gasteiger partial charge on any atom is -0.351 e. The van der Waals surface area contributed by atoms with Gasteiger partial charge in [0.2, 0.25) is 5.95 Å². The minimum atomic E-state index is -0.607. The summed E-state index contributed by atoms with van der Waals surface area (Å²) in [6.45, 7) is 0. The van der Waals surface area contributed by atoms with Gasteiger partial charge >= 0.3 is 0 Å². The van der Waals surface area contributed by atoms with Crippen molar-refractivity contribution in [2.45, 2.75) is 49.8 Å². The second-order valence-corrected chi connectivity index (χ2v) is 6.70. The first-order valence-electron chi connectivity index (χ1n) is 7.79. The predicted molar refractivity (Wildman–Crippen MR) is 88.9 cm³/mol. The predicted octanol–water partition coefficient (Wildman–Crippen LogP) is 2.12. The topological polar surface area (TPSA) is 84.0 Å². The van der Waals surface area contributed by atoms with Crippen molar-refractivity contribution in [3.05, 3.63) is 18.0 Å². The molecule has 1 saturated carbocycles. The maximum absolute atomic E-state index is 11.4. The van der Waals surface area contributed by atoms with Crippen LogP contribution in [-0.4, -0.2) is 32.4 Å². The molecule has 2 fully saturated rings. The van der Waals surface area contributed by atoms with Crippen molar-refractivity contribution in [2.24, 2.45) is 0 Å². The quantitative estimate of drug-likeness (QED) is 0.826. The van der Waals surface area contributed by atoms with Crippen LogP contribution in [0.2, 0.25) is 0 Å². The molecule has 1 aliphatic carbocycles. The molecule has 0 bridgehead atoms. The van der Waals surface area contributed by atoms with E-state index in [0.29, 0.717) is 18.4 Å². The number of rotatable bonds is 3. The number of anilines is 1. The summed E-state index contributed by atoms with van der Waals surface area (Å²) in [6.07, 6.45) is 8.29. The van der Waals surface area contributed by atoms with Gasteiger partial charge in [-0.05, 0) is 30.7 Å². The van der Waals surface area contributed by atoms with Gasteiger partial charge in [-0.15, -0.1) is 0 Å². The van der Waals surface area contributed by atoms with E-state index in [0.717, 1.165) is 30.3 Å². The minimum absolute atomic E-state index is 0.338. The number of aromatic nitrogens is 2. The fraction of sp³-hybridized carbons (Fsp3) is 0.500. The van der Waals surface area contributed by atoms with Gasteiger partial charge < -0.3 is 5.32 Å². The Balaban J connectivity index is 1.57. The van der Waals surface area contributed by atoms with Crippen LogP contribution in [0.25, 0.3) is 0 Å². The molecule has 1 unspecified atom stereocenters. The van der Waals surface area contributed by atoms with E-state index in [1.54, 1.807) is 6.20 Å². The standard InChI is InChI=1S/C16H18N4O2S/c21-14-13(23-16(22)20-14)8-4-7-12-9-10-17-15(19-12)18-11-5-2-1-3-6-11/h9-11,13H,1-3,5-7H2,(H,17,18,19)(H,20,21,22). The molecule has 6 nitrogen and oxygen atoms in total. The highest BCUT2D eigenvalue weighted by Gasteiger charge is 2.29. The second-order valence-electron chi connectivity index (χ2n) is 5.62. The van der Waals surface area contributed by atoms with Crippen molar-refractivity contribution < 1.29 is 9.59 Å². The van der Waals surface area contributed by atoms with Crippen LogP contribution in [0.5, 0.6) is 0 Å². The number of hydrogen-bond acceptors (Lipinski definition) is 6. The summed E-state index contributed by atoms with van der Waals surface area (Å²) >= 11 is 0.917. The molecule has 0 radical (unpaired) electrons. The summed E-state index contributed by atoms with van der Waals surface area (Å²) in [5.74, 6) is 6.03. The summed E-state index contributed by atoms with van der Waals surface area (Å²) in [6, 6.07) is 2.27. The van der Waals surface area contributed by atoms with E-state index in [9.17, 15) is 9.59 Å². The van der Waals surface area contributed by atoms with Crippen molar-refractivity contribution in [1.82, 2.24) is 15.3 Å². The molecule has 7 heteroatoms. The van der Waals surface area contributed by atoms with Gasteiger partial charge in [0, 0.05) is 12.2 Å². The Hall–Kier alpha value is -2.07. The SMILES string of the molecule is O=C1NC(=O)C(C#CCc2ccnc(NC3CCCCC3)n2)S1. The van der Waals surface area contributed by atoms with Gasteiger partial charge in [0.1, 0.15) is 0 Å². The zero-order valence-electron chi connectivity index (χ0n) is 12.7. The van der Waals surface area contributed by atoms with Crippen molar-refractivity contribution in [3.63, 3.8) is 0 Å². The number of nitrogens with one attached hydrogen (secondary N) is 2. The van der Waals surface area contributed by atoms with Gasteiger partial charge in [0.05, 0.1) is 12.1 Å². The highest BCUT2D eigenvalue weighted by molar-refractivity contribution is 8.15. The van der Waals surface area contributed by atoms with E-state index < -0.39 is 5.25 Å². The molecule has 1 aromatic rings. The Morgan fingerprint density at radius 2 is 2.13 bits per heavy atom. The van der Waals surface area contributed by atoms with E-state index in [2.05, 4.69) is 32.4 Å². The number of thioether (sulfide) groups is 1. The molecule has 3 rings (SSSR count). The normalized spacial score (nSPS) is 21.5. The molecule has 0 aromatic carbocycles. The number of imide groups is 1. The lowest BCUT2D eigenvalue weighted by atomic mass is 9.96. The van der Waals surface area contributed by atoms with Gasteiger partial charge in [0.25, 0.3) is 11.1 Å². The first kappa shape index (κ1) is 15.8. The maximum atomic E-state index is 11.4. The summed E-state index contributed by atoms with van der Waals surface area (Å²) in [7, 11) is 0. The Bertz CT molecular complexity index is 662. The molecule has 2 aliphatic rings. The first-order chi connectivity index (χ1) is 11.2. The van der Waals surface area contributed by atoms with Gasteiger partial charge in [-0.3, -0.25) is 14.9 Å².